The highest BCUT2D eigenvalue weighted by Gasteiger charge is 1.96. The third kappa shape index (κ3) is 3.73. The van der Waals surface area contributed by atoms with Gasteiger partial charge in [-0.3, -0.25) is 0 Å². The number of aliphatic hydroxyl groups is 1. The molecule has 90 valence electrons. The van der Waals surface area contributed by atoms with E-state index in [1.54, 1.807) is 6.26 Å². The molecule has 1 heterocycles. The molecule has 0 amide bonds. The Morgan fingerprint density at radius 1 is 1.06 bits per heavy atom. The first-order valence-electron chi connectivity index (χ1n) is 5.80. The van der Waals surface area contributed by atoms with Crippen molar-refractivity contribution in [2.75, 3.05) is 6.54 Å². The van der Waals surface area contributed by atoms with Crippen LogP contribution in [0.3, 0.4) is 0 Å². The van der Waals surface area contributed by atoms with E-state index in [1.807, 2.05) is 36.4 Å². The number of rotatable bonds is 6. The van der Waals surface area contributed by atoms with Gasteiger partial charge in [-0.05, 0) is 23.3 Å². The van der Waals surface area contributed by atoms with Crippen molar-refractivity contribution in [2.24, 2.45) is 0 Å². The summed E-state index contributed by atoms with van der Waals surface area (Å²) in [6.07, 6.45) is 2.60. The van der Waals surface area contributed by atoms with Crippen LogP contribution in [0, 0.1) is 0 Å². The van der Waals surface area contributed by atoms with Crippen LogP contribution in [0.15, 0.2) is 47.1 Å². The molecule has 3 nitrogen and oxygen atoms in total. The Morgan fingerprint density at radius 3 is 2.47 bits per heavy atom. The van der Waals surface area contributed by atoms with Crippen molar-refractivity contribution >= 4 is 0 Å². The van der Waals surface area contributed by atoms with Gasteiger partial charge in [0.2, 0.25) is 0 Å². The van der Waals surface area contributed by atoms with E-state index in [9.17, 15) is 0 Å². The monoisotopic (exact) mass is 231 g/mol. The van der Waals surface area contributed by atoms with Crippen LogP contribution in [0.25, 0.3) is 0 Å². The van der Waals surface area contributed by atoms with Crippen molar-refractivity contribution in [1.29, 1.82) is 0 Å². The molecule has 2 aromatic rings. The number of benzene rings is 1. The SMILES string of the molecule is OCc1ccc(CNCCc2ccco2)cc1. The number of aliphatic hydroxyl groups excluding tert-OH is 1. The summed E-state index contributed by atoms with van der Waals surface area (Å²) >= 11 is 0. The molecule has 1 aromatic carbocycles. The normalized spacial score (nSPS) is 10.6. The standard InChI is InChI=1S/C14H17NO2/c16-11-13-5-3-12(4-6-13)10-15-8-7-14-2-1-9-17-14/h1-6,9,15-16H,7-8,10-11H2. The van der Waals surface area contributed by atoms with Gasteiger partial charge in [-0.15, -0.1) is 0 Å². The molecule has 17 heavy (non-hydrogen) atoms. The molecule has 0 bridgehead atoms. The molecule has 2 rings (SSSR count). The smallest absolute Gasteiger partial charge is 0.105 e. The summed E-state index contributed by atoms with van der Waals surface area (Å²) in [7, 11) is 0. The first kappa shape index (κ1) is 11.9. The number of hydrogen-bond acceptors (Lipinski definition) is 3. The zero-order chi connectivity index (χ0) is 11.9. The average molecular weight is 231 g/mol. The van der Waals surface area contributed by atoms with E-state index in [1.165, 1.54) is 5.56 Å². The summed E-state index contributed by atoms with van der Waals surface area (Å²) in [5.74, 6) is 1.01. The molecule has 0 atom stereocenters. The molecule has 0 aliphatic carbocycles. The first-order valence-corrected chi connectivity index (χ1v) is 5.80. The second-order valence-electron chi connectivity index (χ2n) is 3.98. The quantitative estimate of drug-likeness (QED) is 0.748. The van der Waals surface area contributed by atoms with Crippen LogP contribution in [0.1, 0.15) is 16.9 Å². The fourth-order valence-electron chi connectivity index (χ4n) is 1.66. The van der Waals surface area contributed by atoms with Crippen LogP contribution in [-0.4, -0.2) is 11.7 Å². The van der Waals surface area contributed by atoms with Gasteiger partial charge >= 0.3 is 0 Å². The maximum atomic E-state index is 8.92. The first-order chi connectivity index (χ1) is 8.38. The van der Waals surface area contributed by atoms with E-state index >= 15 is 0 Å². The van der Waals surface area contributed by atoms with E-state index in [0.29, 0.717) is 0 Å². The van der Waals surface area contributed by atoms with Gasteiger partial charge in [0.05, 0.1) is 12.9 Å². The lowest BCUT2D eigenvalue weighted by molar-refractivity contribution is 0.282. The Bertz CT molecular complexity index is 420. The Morgan fingerprint density at radius 2 is 1.82 bits per heavy atom. The third-order valence-corrected chi connectivity index (χ3v) is 2.66. The molecule has 1 aromatic heterocycles. The summed E-state index contributed by atoms with van der Waals surface area (Å²) < 4.78 is 5.25. The molecule has 3 heteroatoms. The molecule has 0 unspecified atom stereocenters. The maximum Gasteiger partial charge on any atom is 0.105 e. The molecule has 0 aliphatic rings. The third-order valence-electron chi connectivity index (χ3n) is 2.66. The van der Waals surface area contributed by atoms with Crippen LogP contribution in [0.5, 0.6) is 0 Å². The Kier molecular flexibility index (Phi) is 4.36. The Hall–Kier alpha value is -1.58. The lowest BCUT2D eigenvalue weighted by Gasteiger charge is -2.04. The molecule has 0 spiro atoms. The van der Waals surface area contributed by atoms with Crippen LogP contribution < -0.4 is 5.32 Å². The van der Waals surface area contributed by atoms with Crippen molar-refractivity contribution in [1.82, 2.24) is 5.32 Å². The summed E-state index contributed by atoms with van der Waals surface area (Å²) in [5, 5.41) is 12.3. The van der Waals surface area contributed by atoms with Gasteiger partial charge in [0, 0.05) is 19.5 Å². The number of hydrogen-bond donors (Lipinski definition) is 2. The van der Waals surface area contributed by atoms with Crippen LogP contribution >= 0.6 is 0 Å². The lowest BCUT2D eigenvalue weighted by atomic mass is 10.1. The highest BCUT2D eigenvalue weighted by atomic mass is 16.3. The van der Waals surface area contributed by atoms with E-state index < -0.39 is 0 Å². The fraction of sp³-hybridized carbons (Fsp3) is 0.286. The molecular formula is C14H17NO2. The van der Waals surface area contributed by atoms with E-state index in [2.05, 4.69) is 5.32 Å². The van der Waals surface area contributed by atoms with Crippen LogP contribution in [-0.2, 0) is 19.6 Å². The van der Waals surface area contributed by atoms with Gasteiger partial charge in [-0.25, -0.2) is 0 Å². The Balaban J connectivity index is 1.70. The van der Waals surface area contributed by atoms with E-state index in [4.69, 9.17) is 9.52 Å². The summed E-state index contributed by atoms with van der Waals surface area (Å²) in [6.45, 7) is 1.84. The summed E-state index contributed by atoms with van der Waals surface area (Å²) in [5.41, 5.74) is 2.17. The maximum absolute atomic E-state index is 8.92. The molecule has 2 N–H and O–H groups in total. The molecule has 0 saturated carbocycles. The predicted octanol–water partition coefficient (Wildman–Crippen LogP) is 2.10. The molecular weight excluding hydrogens is 214 g/mol. The largest absolute Gasteiger partial charge is 0.469 e. The zero-order valence-electron chi connectivity index (χ0n) is 9.73. The van der Waals surface area contributed by atoms with E-state index in [-0.39, 0.29) is 6.61 Å². The zero-order valence-corrected chi connectivity index (χ0v) is 9.73. The van der Waals surface area contributed by atoms with Crippen molar-refractivity contribution in [3.05, 3.63) is 59.5 Å². The second-order valence-corrected chi connectivity index (χ2v) is 3.98. The van der Waals surface area contributed by atoms with Gasteiger partial charge in [-0.1, -0.05) is 24.3 Å². The van der Waals surface area contributed by atoms with Crippen LogP contribution in [0.4, 0.5) is 0 Å². The van der Waals surface area contributed by atoms with Gasteiger partial charge in [-0.2, -0.15) is 0 Å². The summed E-state index contributed by atoms with van der Waals surface area (Å²) in [4.78, 5) is 0. The van der Waals surface area contributed by atoms with E-state index in [0.717, 1.165) is 30.8 Å². The van der Waals surface area contributed by atoms with Crippen molar-refractivity contribution in [2.45, 2.75) is 19.6 Å². The van der Waals surface area contributed by atoms with Crippen molar-refractivity contribution in [3.8, 4) is 0 Å². The second kappa shape index (κ2) is 6.23. The van der Waals surface area contributed by atoms with Crippen molar-refractivity contribution < 1.29 is 9.52 Å². The minimum atomic E-state index is 0.103. The van der Waals surface area contributed by atoms with Crippen molar-refractivity contribution in [3.63, 3.8) is 0 Å². The van der Waals surface area contributed by atoms with Crippen LogP contribution in [0.2, 0.25) is 0 Å². The number of furan rings is 1. The van der Waals surface area contributed by atoms with Gasteiger partial charge in [0.25, 0.3) is 0 Å². The molecule has 0 aliphatic heterocycles. The summed E-state index contributed by atoms with van der Waals surface area (Å²) in [6, 6.07) is 11.9. The fourth-order valence-corrected chi connectivity index (χ4v) is 1.66. The van der Waals surface area contributed by atoms with Gasteiger partial charge < -0.3 is 14.8 Å². The van der Waals surface area contributed by atoms with Gasteiger partial charge in [0.15, 0.2) is 0 Å². The lowest BCUT2D eigenvalue weighted by Crippen LogP contribution is -2.16. The predicted molar refractivity (Wildman–Crippen MR) is 66.5 cm³/mol. The highest BCUT2D eigenvalue weighted by molar-refractivity contribution is 5.21. The highest BCUT2D eigenvalue weighted by Crippen LogP contribution is 2.04. The molecule has 0 radical (unpaired) electrons. The Labute approximate surface area is 101 Å². The number of nitrogens with one attached hydrogen (secondary N) is 1. The average Bonchev–Trinajstić information content (AvgIpc) is 2.88. The molecule has 0 saturated heterocycles. The minimum absolute atomic E-state index is 0.103. The topological polar surface area (TPSA) is 45.4 Å². The van der Waals surface area contributed by atoms with Gasteiger partial charge in [0.1, 0.15) is 5.76 Å². The minimum Gasteiger partial charge on any atom is -0.469 e. The molecule has 0 fully saturated rings.